The van der Waals surface area contributed by atoms with E-state index < -0.39 is 0 Å². The van der Waals surface area contributed by atoms with Crippen LogP contribution in [0.25, 0.3) is 11.1 Å². The molecule has 1 saturated heterocycles. The highest BCUT2D eigenvalue weighted by molar-refractivity contribution is 5.87. The van der Waals surface area contributed by atoms with E-state index in [9.17, 15) is 0 Å². The molecule has 1 aliphatic carbocycles. The molecule has 7 nitrogen and oxygen atoms in total. The average Bonchev–Trinajstić information content (AvgIpc) is 3.03. The van der Waals surface area contributed by atoms with Gasteiger partial charge in [0, 0.05) is 30.6 Å². The first kappa shape index (κ1) is 13.8. The standard InChI is InChI=1S/C15H22N6O/c1-21-6-5-8(7-21)18-9-3-2-4-10-11(9)12-13(22-10)14(16)20-15(17)19-12/h8-9,18H,2-7H2,1H3,(H4,16,17,19,20)/t8-,9?/m1/s1. The summed E-state index contributed by atoms with van der Waals surface area (Å²) >= 11 is 0. The molecule has 0 aromatic carbocycles. The number of nitrogen functional groups attached to an aromatic ring is 2. The van der Waals surface area contributed by atoms with Gasteiger partial charge in [-0.05, 0) is 32.9 Å². The second-order valence-electron chi connectivity index (χ2n) is 6.44. The van der Waals surface area contributed by atoms with Crippen molar-refractivity contribution in [2.75, 3.05) is 31.6 Å². The number of nitrogens with one attached hydrogen (secondary N) is 1. The Balaban J connectivity index is 1.73. The van der Waals surface area contributed by atoms with Gasteiger partial charge in [0.05, 0.1) is 0 Å². The summed E-state index contributed by atoms with van der Waals surface area (Å²) in [4.78, 5) is 10.8. The monoisotopic (exact) mass is 302 g/mol. The molecule has 1 fully saturated rings. The fraction of sp³-hybridized carbons (Fsp3) is 0.600. The zero-order chi connectivity index (χ0) is 15.3. The Morgan fingerprint density at radius 1 is 1.27 bits per heavy atom. The predicted octanol–water partition coefficient (Wildman–Crippen LogP) is 1.06. The molecule has 1 aliphatic heterocycles. The zero-order valence-electron chi connectivity index (χ0n) is 12.8. The number of fused-ring (bicyclic) bond motifs is 3. The van der Waals surface area contributed by atoms with Crippen molar-refractivity contribution in [2.24, 2.45) is 0 Å². The molecule has 22 heavy (non-hydrogen) atoms. The third kappa shape index (κ3) is 2.21. The van der Waals surface area contributed by atoms with Crippen LogP contribution in [0.15, 0.2) is 4.42 Å². The van der Waals surface area contributed by atoms with Crippen molar-refractivity contribution < 1.29 is 4.42 Å². The fourth-order valence-corrected chi connectivity index (χ4v) is 3.76. The van der Waals surface area contributed by atoms with Gasteiger partial charge in [-0.15, -0.1) is 0 Å². The van der Waals surface area contributed by atoms with E-state index in [-0.39, 0.29) is 12.0 Å². The molecular weight excluding hydrogens is 280 g/mol. The maximum absolute atomic E-state index is 5.94. The van der Waals surface area contributed by atoms with Gasteiger partial charge < -0.3 is 26.1 Å². The van der Waals surface area contributed by atoms with E-state index in [0.29, 0.717) is 17.4 Å². The number of likely N-dealkylation sites (N-methyl/N-ethyl adjacent to an activating group) is 1. The van der Waals surface area contributed by atoms with E-state index in [1.807, 2.05) is 0 Å². The van der Waals surface area contributed by atoms with E-state index in [1.165, 1.54) is 6.42 Å². The molecular formula is C15H22N6O. The minimum absolute atomic E-state index is 0.207. The van der Waals surface area contributed by atoms with Crippen LogP contribution in [0.4, 0.5) is 11.8 Å². The lowest BCUT2D eigenvalue weighted by Crippen LogP contribution is -2.36. The molecule has 5 N–H and O–H groups in total. The van der Waals surface area contributed by atoms with Gasteiger partial charge in [0.2, 0.25) is 5.95 Å². The van der Waals surface area contributed by atoms with Crippen molar-refractivity contribution in [2.45, 2.75) is 37.8 Å². The number of likely N-dealkylation sites (tertiary alicyclic amines) is 1. The first-order chi connectivity index (χ1) is 10.6. The molecule has 2 aromatic rings. The maximum atomic E-state index is 5.94. The summed E-state index contributed by atoms with van der Waals surface area (Å²) in [5.74, 6) is 1.52. The SMILES string of the molecule is CN1CC[C@@H](NC2CCCc3oc4c(N)nc(N)nc4c32)C1. The number of hydrogen-bond acceptors (Lipinski definition) is 7. The van der Waals surface area contributed by atoms with E-state index >= 15 is 0 Å². The number of anilines is 2. The van der Waals surface area contributed by atoms with Crippen LogP contribution in [-0.2, 0) is 6.42 Å². The van der Waals surface area contributed by atoms with Crippen LogP contribution in [0.5, 0.6) is 0 Å². The quantitative estimate of drug-likeness (QED) is 0.761. The molecule has 3 heterocycles. The smallest absolute Gasteiger partial charge is 0.222 e. The lowest BCUT2D eigenvalue weighted by Gasteiger charge is -2.26. The Morgan fingerprint density at radius 2 is 2.14 bits per heavy atom. The third-order valence-electron chi connectivity index (χ3n) is 4.76. The minimum Gasteiger partial charge on any atom is -0.455 e. The van der Waals surface area contributed by atoms with Crippen molar-refractivity contribution in [3.05, 3.63) is 11.3 Å². The van der Waals surface area contributed by atoms with Gasteiger partial charge in [-0.2, -0.15) is 4.98 Å². The topological polar surface area (TPSA) is 106 Å². The second kappa shape index (κ2) is 5.10. The number of nitrogens with zero attached hydrogens (tertiary/aromatic N) is 3. The minimum atomic E-state index is 0.207. The summed E-state index contributed by atoms with van der Waals surface area (Å²) in [6.45, 7) is 2.23. The predicted molar refractivity (Wildman–Crippen MR) is 85.3 cm³/mol. The van der Waals surface area contributed by atoms with E-state index in [2.05, 4.69) is 27.2 Å². The molecule has 0 amide bonds. The Kier molecular flexibility index (Phi) is 3.19. The highest BCUT2D eigenvalue weighted by atomic mass is 16.3. The van der Waals surface area contributed by atoms with Gasteiger partial charge in [0.25, 0.3) is 0 Å². The Bertz CT molecular complexity index is 712. The van der Waals surface area contributed by atoms with E-state index in [4.69, 9.17) is 15.9 Å². The molecule has 7 heteroatoms. The second-order valence-corrected chi connectivity index (χ2v) is 6.44. The number of aryl methyl sites for hydroxylation is 1. The van der Waals surface area contributed by atoms with E-state index in [1.54, 1.807) is 0 Å². The van der Waals surface area contributed by atoms with Crippen molar-refractivity contribution in [3.63, 3.8) is 0 Å². The van der Waals surface area contributed by atoms with Gasteiger partial charge in [-0.3, -0.25) is 0 Å². The number of furan rings is 1. The van der Waals surface area contributed by atoms with Gasteiger partial charge in [-0.25, -0.2) is 4.98 Å². The van der Waals surface area contributed by atoms with Crippen LogP contribution in [0.1, 0.15) is 36.6 Å². The van der Waals surface area contributed by atoms with Crippen LogP contribution < -0.4 is 16.8 Å². The molecule has 0 radical (unpaired) electrons. The van der Waals surface area contributed by atoms with Crippen LogP contribution >= 0.6 is 0 Å². The maximum Gasteiger partial charge on any atom is 0.222 e. The van der Waals surface area contributed by atoms with Crippen LogP contribution in [0.3, 0.4) is 0 Å². The van der Waals surface area contributed by atoms with Crippen LogP contribution in [-0.4, -0.2) is 41.0 Å². The van der Waals surface area contributed by atoms with Crippen molar-refractivity contribution in [3.8, 4) is 0 Å². The molecule has 0 spiro atoms. The summed E-state index contributed by atoms with van der Waals surface area (Å²) in [5.41, 5.74) is 14.2. The number of aromatic nitrogens is 2. The van der Waals surface area contributed by atoms with Crippen molar-refractivity contribution in [1.29, 1.82) is 0 Å². The summed E-state index contributed by atoms with van der Waals surface area (Å²) in [6.07, 6.45) is 4.30. The molecule has 2 aliphatic rings. The molecule has 118 valence electrons. The average molecular weight is 302 g/mol. The summed E-state index contributed by atoms with van der Waals surface area (Å²) in [7, 11) is 2.16. The lowest BCUT2D eigenvalue weighted by atomic mass is 9.92. The summed E-state index contributed by atoms with van der Waals surface area (Å²) in [6, 6.07) is 0.776. The first-order valence-electron chi connectivity index (χ1n) is 7.90. The molecule has 2 atom stereocenters. The Hall–Kier alpha value is -1.86. The number of nitrogens with two attached hydrogens (primary N) is 2. The molecule has 1 unspecified atom stereocenters. The van der Waals surface area contributed by atoms with Gasteiger partial charge >= 0.3 is 0 Å². The highest BCUT2D eigenvalue weighted by Gasteiger charge is 2.31. The van der Waals surface area contributed by atoms with Crippen molar-refractivity contribution in [1.82, 2.24) is 20.2 Å². The number of hydrogen-bond donors (Lipinski definition) is 3. The first-order valence-corrected chi connectivity index (χ1v) is 7.90. The summed E-state index contributed by atoms with van der Waals surface area (Å²) in [5, 5.41) is 3.78. The van der Waals surface area contributed by atoms with Crippen LogP contribution in [0.2, 0.25) is 0 Å². The highest BCUT2D eigenvalue weighted by Crippen LogP contribution is 2.39. The van der Waals surface area contributed by atoms with Crippen molar-refractivity contribution >= 4 is 22.9 Å². The Labute approximate surface area is 129 Å². The third-order valence-corrected chi connectivity index (χ3v) is 4.76. The van der Waals surface area contributed by atoms with Crippen LogP contribution in [0, 0.1) is 0 Å². The van der Waals surface area contributed by atoms with E-state index in [0.717, 1.165) is 49.2 Å². The normalized spacial score (nSPS) is 25.7. The fourth-order valence-electron chi connectivity index (χ4n) is 3.76. The number of rotatable bonds is 2. The van der Waals surface area contributed by atoms with Gasteiger partial charge in [0.1, 0.15) is 11.3 Å². The zero-order valence-corrected chi connectivity index (χ0v) is 12.8. The largest absolute Gasteiger partial charge is 0.455 e. The lowest BCUT2D eigenvalue weighted by molar-refractivity contribution is 0.358. The molecule has 4 rings (SSSR count). The van der Waals surface area contributed by atoms with Gasteiger partial charge in [-0.1, -0.05) is 0 Å². The van der Waals surface area contributed by atoms with Gasteiger partial charge in [0.15, 0.2) is 11.4 Å². The Morgan fingerprint density at radius 3 is 2.91 bits per heavy atom. The molecule has 0 bridgehead atoms. The molecule has 0 saturated carbocycles. The molecule has 2 aromatic heterocycles. The summed E-state index contributed by atoms with van der Waals surface area (Å²) < 4.78 is 5.94.